The summed E-state index contributed by atoms with van der Waals surface area (Å²) in [5.41, 5.74) is 2.57. The van der Waals surface area contributed by atoms with E-state index in [0.29, 0.717) is 13.0 Å². The van der Waals surface area contributed by atoms with Crippen molar-refractivity contribution in [2.75, 3.05) is 25.1 Å². The molecule has 1 aromatic heterocycles. The van der Waals surface area contributed by atoms with Crippen molar-refractivity contribution < 1.29 is 13.5 Å². The Morgan fingerprint density at radius 3 is 2.83 bits per heavy atom. The molecule has 102 valence electrons. The van der Waals surface area contributed by atoms with Gasteiger partial charge in [-0.05, 0) is 18.6 Å². The van der Waals surface area contributed by atoms with Crippen molar-refractivity contribution in [3.05, 3.63) is 18.3 Å². The molecule has 0 fully saturated rings. The number of nitrogens with zero attached hydrogens (tertiary/aromatic N) is 2. The smallest absolute Gasteiger partial charge is 0.262 e. The first-order valence-corrected chi connectivity index (χ1v) is 7.04. The number of aliphatic hydroxyl groups excluding tert-OH is 1. The zero-order valence-corrected chi connectivity index (χ0v) is 11.0. The van der Waals surface area contributed by atoms with Crippen LogP contribution in [0, 0.1) is 0 Å². The Morgan fingerprint density at radius 2 is 2.28 bits per heavy atom. The molecule has 0 bridgehead atoms. The third kappa shape index (κ3) is 3.16. The minimum absolute atomic E-state index is 0.0593. The van der Waals surface area contributed by atoms with Crippen molar-refractivity contribution in [2.24, 2.45) is 5.84 Å². The van der Waals surface area contributed by atoms with Gasteiger partial charge in [-0.25, -0.2) is 13.4 Å². The lowest BCUT2D eigenvalue weighted by Gasteiger charge is -2.20. The first-order valence-electron chi connectivity index (χ1n) is 5.60. The van der Waals surface area contributed by atoms with Crippen LogP contribution in [0.5, 0.6) is 0 Å². The number of anilines is 1. The highest BCUT2D eigenvalue weighted by Gasteiger charge is 2.26. The standard InChI is InChI=1S/C10H18N4O3S/c1-2-14(7-4-8-15)18(16,17)10-9(13-11)5-3-6-12-10/h3,5-6,13,15H,2,4,7-8,11H2,1H3. The van der Waals surface area contributed by atoms with Gasteiger partial charge < -0.3 is 10.5 Å². The molecule has 7 nitrogen and oxygen atoms in total. The number of sulfonamides is 1. The van der Waals surface area contributed by atoms with Crippen LogP contribution < -0.4 is 11.3 Å². The highest BCUT2D eigenvalue weighted by atomic mass is 32.2. The molecule has 0 aliphatic rings. The number of nitrogens with one attached hydrogen (secondary N) is 1. The van der Waals surface area contributed by atoms with Crippen LogP contribution in [0.2, 0.25) is 0 Å². The largest absolute Gasteiger partial charge is 0.396 e. The minimum Gasteiger partial charge on any atom is -0.396 e. The second-order valence-electron chi connectivity index (χ2n) is 3.57. The van der Waals surface area contributed by atoms with E-state index < -0.39 is 10.0 Å². The zero-order chi connectivity index (χ0) is 13.6. The molecule has 4 N–H and O–H groups in total. The van der Waals surface area contributed by atoms with Gasteiger partial charge in [-0.15, -0.1) is 0 Å². The number of nitrogens with two attached hydrogens (primary N) is 1. The van der Waals surface area contributed by atoms with Gasteiger partial charge in [0.25, 0.3) is 10.0 Å². The molecule has 1 heterocycles. The number of hydrazine groups is 1. The van der Waals surface area contributed by atoms with E-state index in [4.69, 9.17) is 10.9 Å². The van der Waals surface area contributed by atoms with E-state index in [1.54, 1.807) is 19.1 Å². The highest BCUT2D eigenvalue weighted by Crippen LogP contribution is 2.21. The molecule has 0 saturated heterocycles. The molecule has 0 radical (unpaired) electrons. The van der Waals surface area contributed by atoms with Gasteiger partial charge in [-0.1, -0.05) is 6.92 Å². The average molecular weight is 274 g/mol. The predicted molar refractivity (Wildman–Crippen MR) is 68.2 cm³/mol. The second kappa shape index (κ2) is 6.64. The topological polar surface area (TPSA) is 109 Å². The Bertz CT molecular complexity index is 478. The van der Waals surface area contributed by atoms with Gasteiger partial charge in [-0.3, -0.25) is 5.84 Å². The Balaban J connectivity index is 3.10. The Morgan fingerprint density at radius 1 is 1.56 bits per heavy atom. The van der Waals surface area contributed by atoms with Gasteiger partial charge in [-0.2, -0.15) is 4.31 Å². The summed E-state index contributed by atoms with van der Waals surface area (Å²) < 4.78 is 25.9. The molecular weight excluding hydrogens is 256 g/mol. The van der Waals surface area contributed by atoms with Crippen molar-refractivity contribution >= 4 is 15.7 Å². The fourth-order valence-corrected chi connectivity index (χ4v) is 3.08. The SMILES string of the molecule is CCN(CCCO)S(=O)(=O)c1ncccc1NN. The van der Waals surface area contributed by atoms with Gasteiger partial charge in [0.2, 0.25) is 0 Å². The molecule has 8 heteroatoms. The molecule has 1 aromatic rings. The lowest BCUT2D eigenvalue weighted by Crippen LogP contribution is -2.33. The van der Waals surface area contributed by atoms with Crippen molar-refractivity contribution in [3.8, 4) is 0 Å². The third-order valence-corrected chi connectivity index (χ3v) is 4.36. The summed E-state index contributed by atoms with van der Waals surface area (Å²) in [6, 6.07) is 3.14. The molecule has 0 saturated carbocycles. The summed E-state index contributed by atoms with van der Waals surface area (Å²) in [6.07, 6.45) is 1.78. The molecular formula is C10H18N4O3S. The van der Waals surface area contributed by atoms with E-state index in [1.807, 2.05) is 0 Å². The van der Waals surface area contributed by atoms with Crippen LogP contribution in [0.25, 0.3) is 0 Å². The normalized spacial score (nSPS) is 11.8. The second-order valence-corrected chi connectivity index (χ2v) is 5.43. The van der Waals surface area contributed by atoms with Crippen LogP contribution in [0.4, 0.5) is 5.69 Å². The van der Waals surface area contributed by atoms with Crippen LogP contribution in [-0.2, 0) is 10.0 Å². The summed E-state index contributed by atoms with van der Waals surface area (Å²) in [4.78, 5) is 3.86. The van der Waals surface area contributed by atoms with E-state index in [2.05, 4.69) is 10.4 Å². The number of nitrogen functional groups attached to an aromatic ring is 1. The van der Waals surface area contributed by atoms with E-state index in [0.717, 1.165) is 0 Å². The number of aromatic nitrogens is 1. The molecule has 0 amide bonds. The van der Waals surface area contributed by atoms with Crippen LogP contribution in [0.1, 0.15) is 13.3 Å². The van der Waals surface area contributed by atoms with Gasteiger partial charge in [0.1, 0.15) is 0 Å². The van der Waals surface area contributed by atoms with Crippen LogP contribution in [-0.4, -0.2) is 42.5 Å². The Hall–Kier alpha value is -1.22. The number of aliphatic hydroxyl groups is 1. The molecule has 0 aliphatic carbocycles. The summed E-state index contributed by atoms with van der Waals surface area (Å²) in [7, 11) is -3.70. The molecule has 1 rings (SSSR count). The van der Waals surface area contributed by atoms with Crippen LogP contribution in [0.3, 0.4) is 0 Å². The summed E-state index contributed by atoms with van der Waals surface area (Å²) in [6.45, 7) is 2.22. The maximum Gasteiger partial charge on any atom is 0.262 e. The van der Waals surface area contributed by atoms with E-state index in [1.165, 1.54) is 10.5 Å². The summed E-state index contributed by atoms with van der Waals surface area (Å²) >= 11 is 0. The molecule has 0 spiro atoms. The van der Waals surface area contributed by atoms with Crippen molar-refractivity contribution in [2.45, 2.75) is 18.4 Å². The maximum atomic E-state index is 12.3. The third-order valence-electron chi connectivity index (χ3n) is 2.43. The number of pyridine rings is 1. The molecule has 0 unspecified atom stereocenters. The van der Waals surface area contributed by atoms with Crippen molar-refractivity contribution in [3.63, 3.8) is 0 Å². The summed E-state index contributed by atoms with van der Waals surface area (Å²) in [5.74, 6) is 5.28. The van der Waals surface area contributed by atoms with E-state index >= 15 is 0 Å². The minimum atomic E-state index is -3.70. The van der Waals surface area contributed by atoms with Gasteiger partial charge in [0.05, 0.1) is 5.69 Å². The molecule has 0 aromatic carbocycles. The molecule has 0 aliphatic heterocycles. The van der Waals surface area contributed by atoms with Crippen LogP contribution >= 0.6 is 0 Å². The highest BCUT2D eigenvalue weighted by molar-refractivity contribution is 7.89. The van der Waals surface area contributed by atoms with Crippen LogP contribution in [0.15, 0.2) is 23.4 Å². The monoisotopic (exact) mass is 274 g/mol. The molecule has 0 atom stereocenters. The Labute approximate surface area is 107 Å². The Kier molecular flexibility index (Phi) is 5.48. The van der Waals surface area contributed by atoms with Gasteiger partial charge in [0, 0.05) is 25.9 Å². The van der Waals surface area contributed by atoms with E-state index in [9.17, 15) is 8.42 Å². The molecule has 18 heavy (non-hydrogen) atoms. The fourth-order valence-electron chi connectivity index (χ4n) is 1.52. The predicted octanol–water partition coefficient (Wildman–Crippen LogP) is -0.240. The average Bonchev–Trinajstić information content (AvgIpc) is 2.39. The lowest BCUT2D eigenvalue weighted by molar-refractivity contribution is 0.271. The quantitative estimate of drug-likeness (QED) is 0.468. The van der Waals surface area contributed by atoms with Gasteiger partial charge in [0.15, 0.2) is 5.03 Å². The first-order chi connectivity index (χ1) is 8.57. The lowest BCUT2D eigenvalue weighted by atomic mass is 10.4. The maximum absolute atomic E-state index is 12.3. The zero-order valence-electron chi connectivity index (χ0n) is 10.2. The number of hydrogen-bond donors (Lipinski definition) is 3. The number of rotatable bonds is 7. The van der Waals surface area contributed by atoms with E-state index in [-0.39, 0.29) is 23.9 Å². The van der Waals surface area contributed by atoms with Gasteiger partial charge >= 0.3 is 0 Å². The summed E-state index contributed by atoms with van der Waals surface area (Å²) in [5, 5.41) is 8.67. The van der Waals surface area contributed by atoms with Crippen molar-refractivity contribution in [1.29, 1.82) is 0 Å². The van der Waals surface area contributed by atoms with Crippen molar-refractivity contribution in [1.82, 2.24) is 9.29 Å². The number of hydrogen-bond acceptors (Lipinski definition) is 6. The first kappa shape index (κ1) is 14.8. The fraction of sp³-hybridized carbons (Fsp3) is 0.500.